The Kier molecular flexibility index (Phi) is 5.76. The zero-order valence-electron chi connectivity index (χ0n) is 13.8. The van der Waals surface area contributed by atoms with Gasteiger partial charge >= 0.3 is 0 Å². The van der Waals surface area contributed by atoms with Gasteiger partial charge in [-0.15, -0.1) is 12.4 Å². The maximum Gasteiger partial charge on any atom is 0.254 e. The van der Waals surface area contributed by atoms with E-state index in [1.54, 1.807) is 26.4 Å². The molecule has 1 aromatic rings. The summed E-state index contributed by atoms with van der Waals surface area (Å²) in [4.78, 5) is 14.7. The van der Waals surface area contributed by atoms with Crippen molar-refractivity contribution in [1.82, 2.24) is 10.2 Å². The van der Waals surface area contributed by atoms with Crippen molar-refractivity contribution in [2.75, 3.05) is 40.4 Å². The van der Waals surface area contributed by atoms with E-state index in [2.05, 4.69) is 5.32 Å². The Morgan fingerprint density at radius 1 is 1.13 bits per heavy atom. The Morgan fingerprint density at radius 3 is 2.48 bits per heavy atom. The third-order valence-corrected chi connectivity index (χ3v) is 5.02. The number of ether oxygens (including phenoxy) is 2. The minimum absolute atomic E-state index is 0. The van der Waals surface area contributed by atoms with Crippen LogP contribution < -0.4 is 14.8 Å². The number of carbonyl (C=O) groups is 1. The molecule has 5 nitrogen and oxygen atoms in total. The first kappa shape index (κ1) is 17.9. The largest absolute Gasteiger partial charge is 0.493 e. The van der Waals surface area contributed by atoms with E-state index < -0.39 is 0 Å². The van der Waals surface area contributed by atoms with E-state index in [4.69, 9.17) is 9.47 Å². The molecule has 1 spiro atoms. The van der Waals surface area contributed by atoms with Crippen LogP contribution in [-0.4, -0.2) is 51.2 Å². The molecule has 3 rings (SSSR count). The Hall–Kier alpha value is -1.46. The van der Waals surface area contributed by atoms with Gasteiger partial charge < -0.3 is 19.7 Å². The van der Waals surface area contributed by atoms with Crippen molar-refractivity contribution in [2.45, 2.75) is 19.3 Å². The number of hydrogen-bond acceptors (Lipinski definition) is 4. The molecule has 2 fully saturated rings. The monoisotopic (exact) mass is 340 g/mol. The van der Waals surface area contributed by atoms with Crippen LogP contribution in [0.15, 0.2) is 18.2 Å². The topological polar surface area (TPSA) is 50.8 Å². The van der Waals surface area contributed by atoms with Gasteiger partial charge in [0.15, 0.2) is 11.5 Å². The molecule has 0 radical (unpaired) electrons. The number of piperidine rings is 1. The van der Waals surface area contributed by atoms with Gasteiger partial charge in [-0.2, -0.15) is 0 Å². The number of nitrogens with one attached hydrogen (secondary N) is 1. The van der Waals surface area contributed by atoms with Crippen molar-refractivity contribution in [2.24, 2.45) is 5.41 Å². The smallest absolute Gasteiger partial charge is 0.254 e. The van der Waals surface area contributed by atoms with E-state index >= 15 is 0 Å². The molecule has 0 aromatic heterocycles. The van der Waals surface area contributed by atoms with Crippen molar-refractivity contribution in [3.63, 3.8) is 0 Å². The highest BCUT2D eigenvalue weighted by atomic mass is 35.5. The summed E-state index contributed by atoms with van der Waals surface area (Å²) >= 11 is 0. The average molecular weight is 341 g/mol. The summed E-state index contributed by atoms with van der Waals surface area (Å²) in [6.45, 7) is 3.87. The summed E-state index contributed by atoms with van der Waals surface area (Å²) in [6, 6.07) is 5.38. The van der Waals surface area contributed by atoms with E-state index in [0.717, 1.165) is 32.6 Å². The first-order valence-electron chi connectivity index (χ1n) is 7.89. The van der Waals surface area contributed by atoms with Crippen LogP contribution >= 0.6 is 12.4 Å². The molecule has 2 saturated heterocycles. The first-order chi connectivity index (χ1) is 10.7. The maximum atomic E-state index is 12.8. The van der Waals surface area contributed by atoms with Gasteiger partial charge in [0.1, 0.15) is 0 Å². The van der Waals surface area contributed by atoms with Gasteiger partial charge in [0.25, 0.3) is 5.91 Å². The Bertz CT molecular complexity index is 559. The van der Waals surface area contributed by atoms with Gasteiger partial charge in [0.2, 0.25) is 0 Å². The van der Waals surface area contributed by atoms with Crippen LogP contribution in [0.25, 0.3) is 0 Å². The highest BCUT2D eigenvalue weighted by Gasteiger charge is 2.40. The second-order valence-corrected chi connectivity index (χ2v) is 6.30. The molecule has 23 heavy (non-hydrogen) atoms. The third-order valence-electron chi connectivity index (χ3n) is 5.02. The molecule has 0 unspecified atom stereocenters. The Labute approximate surface area is 143 Å². The number of halogens is 1. The molecule has 1 amide bonds. The number of rotatable bonds is 3. The van der Waals surface area contributed by atoms with Crippen LogP contribution in [-0.2, 0) is 0 Å². The molecule has 0 atom stereocenters. The lowest BCUT2D eigenvalue weighted by Crippen LogP contribution is -2.39. The quantitative estimate of drug-likeness (QED) is 0.917. The molecule has 2 aliphatic heterocycles. The highest BCUT2D eigenvalue weighted by Crippen LogP contribution is 2.39. The molecule has 1 N–H and O–H groups in total. The predicted octanol–water partition coefficient (Wildman–Crippen LogP) is 2.34. The van der Waals surface area contributed by atoms with E-state index in [-0.39, 0.29) is 18.3 Å². The van der Waals surface area contributed by atoms with Crippen molar-refractivity contribution < 1.29 is 14.3 Å². The summed E-state index contributed by atoms with van der Waals surface area (Å²) in [7, 11) is 3.19. The molecular formula is C17H25ClN2O3. The Morgan fingerprint density at radius 2 is 1.83 bits per heavy atom. The summed E-state index contributed by atoms with van der Waals surface area (Å²) in [5.41, 5.74) is 1.00. The zero-order valence-corrected chi connectivity index (χ0v) is 14.6. The van der Waals surface area contributed by atoms with Crippen LogP contribution in [0.2, 0.25) is 0 Å². The molecule has 0 saturated carbocycles. The zero-order chi connectivity index (χ0) is 15.6. The van der Waals surface area contributed by atoms with E-state index in [1.807, 2.05) is 11.0 Å². The summed E-state index contributed by atoms with van der Waals surface area (Å²) in [5.74, 6) is 1.34. The summed E-state index contributed by atoms with van der Waals surface area (Å²) in [5, 5.41) is 3.41. The predicted molar refractivity (Wildman–Crippen MR) is 91.9 cm³/mol. The fourth-order valence-electron chi connectivity index (χ4n) is 3.63. The molecule has 128 valence electrons. The lowest BCUT2D eigenvalue weighted by atomic mass is 9.78. The van der Waals surface area contributed by atoms with Gasteiger partial charge in [0, 0.05) is 18.7 Å². The molecule has 0 aliphatic carbocycles. The van der Waals surface area contributed by atoms with Crippen molar-refractivity contribution >= 4 is 18.3 Å². The van der Waals surface area contributed by atoms with Gasteiger partial charge in [-0.3, -0.25) is 4.79 Å². The number of nitrogens with zero attached hydrogens (tertiary/aromatic N) is 1. The standard InChI is InChI=1S/C17H24N2O3.ClH/c1-21-14-4-3-13(11-15(14)22-2)16(20)19-10-7-17(12-19)5-8-18-9-6-17;/h3-4,11,18H,5-10,12H2,1-2H3;1H. The van der Waals surface area contributed by atoms with Crippen LogP contribution in [0.5, 0.6) is 11.5 Å². The van der Waals surface area contributed by atoms with Gasteiger partial charge in [-0.25, -0.2) is 0 Å². The number of likely N-dealkylation sites (tertiary alicyclic amines) is 1. The van der Waals surface area contributed by atoms with Crippen molar-refractivity contribution in [1.29, 1.82) is 0 Å². The average Bonchev–Trinajstić information content (AvgIpc) is 2.97. The van der Waals surface area contributed by atoms with E-state index in [1.165, 1.54) is 12.8 Å². The second kappa shape index (κ2) is 7.41. The van der Waals surface area contributed by atoms with Gasteiger partial charge in [-0.05, 0) is 56.0 Å². The fourth-order valence-corrected chi connectivity index (χ4v) is 3.63. The number of carbonyl (C=O) groups excluding carboxylic acids is 1. The van der Waals surface area contributed by atoms with Gasteiger partial charge in [-0.1, -0.05) is 0 Å². The van der Waals surface area contributed by atoms with Crippen molar-refractivity contribution in [3.8, 4) is 11.5 Å². The van der Waals surface area contributed by atoms with E-state index in [0.29, 0.717) is 22.5 Å². The lowest BCUT2D eigenvalue weighted by Gasteiger charge is -2.33. The minimum Gasteiger partial charge on any atom is -0.493 e. The van der Waals surface area contributed by atoms with Gasteiger partial charge in [0.05, 0.1) is 14.2 Å². The maximum absolute atomic E-state index is 12.8. The van der Waals surface area contributed by atoms with Crippen LogP contribution in [0, 0.1) is 5.41 Å². The van der Waals surface area contributed by atoms with Crippen molar-refractivity contribution in [3.05, 3.63) is 23.8 Å². The molecule has 2 aliphatic rings. The van der Waals surface area contributed by atoms with Crippen LogP contribution in [0.3, 0.4) is 0 Å². The number of amides is 1. The number of hydrogen-bond donors (Lipinski definition) is 1. The SMILES string of the molecule is COc1ccc(C(=O)N2CCC3(CCNCC3)C2)cc1OC.Cl. The summed E-state index contributed by atoms with van der Waals surface area (Å²) in [6.07, 6.45) is 3.46. The molecule has 1 aromatic carbocycles. The van der Waals surface area contributed by atoms with Crippen LogP contribution in [0.4, 0.5) is 0 Å². The minimum atomic E-state index is 0. The molecule has 2 heterocycles. The Balaban J connectivity index is 0.00000192. The number of benzene rings is 1. The molecule has 0 bridgehead atoms. The van der Waals surface area contributed by atoms with Crippen LogP contribution in [0.1, 0.15) is 29.6 Å². The molecular weight excluding hydrogens is 316 g/mol. The lowest BCUT2D eigenvalue weighted by molar-refractivity contribution is 0.0761. The molecule has 6 heteroatoms. The normalized spacial score (nSPS) is 19.3. The number of methoxy groups -OCH3 is 2. The third kappa shape index (κ3) is 3.56. The summed E-state index contributed by atoms with van der Waals surface area (Å²) < 4.78 is 10.5. The first-order valence-corrected chi connectivity index (χ1v) is 7.89. The van der Waals surface area contributed by atoms with E-state index in [9.17, 15) is 4.79 Å². The highest BCUT2D eigenvalue weighted by molar-refractivity contribution is 5.95. The second-order valence-electron chi connectivity index (χ2n) is 6.30. The fraction of sp³-hybridized carbons (Fsp3) is 0.588.